The normalized spacial score (nSPS) is 14.9. The standard InChI is InChI=1S/C14H15FN2O/c15-11-3-1-10(2-4-11)13-9-17-14(18-13)7-8-16-12-5-6-12/h1-4,9,12,16H,5-8H2. The van der Waals surface area contributed by atoms with Crippen LogP contribution in [0.15, 0.2) is 34.9 Å². The third-order valence-electron chi connectivity index (χ3n) is 3.03. The molecule has 0 saturated heterocycles. The fourth-order valence-corrected chi connectivity index (χ4v) is 1.84. The third-order valence-corrected chi connectivity index (χ3v) is 3.03. The van der Waals surface area contributed by atoms with E-state index in [4.69, 9.17) is 4.42 Å². The van der Waals surface area contributed by atoms with Gasteiger partial charge in [-0.3, -0.25) is 0 Å². The highest BCUT2D eigenvalue weighted by molar-refractivity contribution is 5.55. The second kappa shape index (κ2) is 4.90. The van der Waals surface area contributed by atoms with E-state index in [0.29, 0.717) is 11.8 Å². The highest BCUT2D eigenvalue weighted by atomic mass is 19.1. The second-order valence-electron chi connectivity index (χ2n) is 4.60. The van der Waals surface area contributed by atoms with E-state index in [0.717, 1.165) is 24.4 Å². The van der Waals surface area contributed by atoms with E-state index in [-0.39, 0.29) is 5.82 Å². The molecule has 1 heterocycles. The van der Waals surface area contributed by atoms with Crippen LogP contribution in [0.5, 0.6) is 0 Å². The summed E-state index contributed by atoms with van der Waals surface area (Å²) in [5.41, 5.74) is 0.852. The molecule has 18 heavy (non-hydrogen) atoms. The summed E-state index contributed by atoms with van der Waals surface area (Å²) >= 11 is 0. The van der Waals surface area contributed by atoms with Gasteiger partial charge in [-0.1, -0.05) is 0 Å². The Morgan fingerprint density at radius 3 is 2.78 bits per heavy atom. The molecule has 0 aliphatic heterocycles. The molecule has 2 aromatic rings. The van der Waals surface area contributed by atoms with E-state index in [1.807, 2.05) is 0 Å². The van der Waals surface area contributed by atoms with Crippen molar-refractivity contribution in [3.05, 3.63) is 42.2 Å². The monoisotopic (exact) mass is 246 g/mol. The van der Waals surface area contributed by atoms with Crippen LogP contribution in [0, 0.1) is 5.82 Å². The molecular weight excluding hydrogens is 231 g/mol. The Kier molecular flexibility index (Phi) is 3.11. The van der Waals surface area contributed by atoms with Crippen LogP contribution in [-0.4, -0.2) is 17.6 Å². The molecule has 0 atom stereocenters. The Labute approximate surface area is 105 Å². The van der Waals surface area contributed by atoms with Gasteiger partial charge in [0, 0.05) is 24.6 Å². The zero-order valence-electron chi connectivity index (χ0n) is 10.0. The minimum atomic E-state index is -0.243. The van der Waals surface area contributed by atoms with Crippen molar-refractivity contribution >= 4 is 0 Å². The van der Waals surface area contributed by atoms with Crippen LogP contribution < -0.4 is 5.32 Å². The van der Waals surface area contributed by atoms with Gasteiger partial charge in [0.25, 0.3) is 0 Å². The second-order valence-corrected chi connectivity index (χ2v) is 4.60. The van der Waals surface area contributed by atoms with Crippen molar-refractivity contribution in [3.63, 3.8) is 0 Å². The van der Waals surface area contributed by atoms with Gasteiger partial charge in [0.05, 0.1) is 6.20 Å². The van der Waals surface area contributed by atoms with Crippen molar-refractivity contribution in [2.24, 2.45) is 0 Å². The highest BCUT2D eigenvalue weighted by Gasteiger charge is 2.20. The minimum Gasteiger partial charge on any atom is -0.441 e. The molecule has 3 nitrogen and oxygen atoms in total. The van der Waals surface area contributed by atoms with E-state index in [9.17, 15) is 4.39 Å². The predicted octanol–water partition coefficient (Wildman–Crippen LogP) is 2.78. The van der Waals surface area contributed by atoms with Crippen molar-refractivity contribution in [2.45, 2.75) is 25.3 Å². The number of nitrogens with one attached hydrogen (secondary N) is 1. The van der Waals surface area contributed by atoms with Crippen LogP contribution in [0.3, 0.4) is 0 Å². The van der Waals surface area contributed by atoms with Gasteiger partial charge in [0.1, 0.15) is 5.82 Å². The molecule has 3 rings (SSSR count). The van der Waals surface area contributed by atoms with Crippen LogP contribution in [-0.2, 0) is 6.42 Å². The molecular formula is C14H15FN2O. The number of hydrogen-bond acceptors (Lipinski definition) is 3. The topological polar surface area (TPSA) is 38.1 Å². The Bertz CT molecular complexity index is 517. The molecule has 0 spiro atoms. The number of oxazole rings is 1. The average molecular weight is 246 g/mol. The smallest absolute Gasteiger partial charge is 0.196 e. The van der Waals surface area contributed by atoms with Crippen LogP contribution in [0.2, 0.25) is 0 Å². The van der Waals surface area contributed by atoms with Gasteiger partial charge < -0.3 is 9.73 Å². The van der Waals surface area contributed by atoms with Gasteiger partial charge in [-0.25, -0.2) is 9.37 Å². The molecule has 1 aromatic carbocycles. The average Bonchev–Trinajstić information content (AvgIpc) is 3.08. The van der Waals surface area contributed by atoms with Gasteiger partial charge in [0.2, 0.25) is 0 Å². The Balaban J connectivity index is 1.62. The van der Waals surface area contributed by atoms with Crippen LogP contribution in [0.1, 0.15) is 18.7 Å². The molecule has 1 aliphatic carbocycles. The number of aromatic nitrogens is 1. The fourth-order valence-electron chi connectivity index (χ4n) is 1.84. The first-order valence-electron chi connectivity index (χ1n) is 6.25. The molecule has 0 radical (unpaired) electrons. The lowest BCUT2D eigenvalue weighted by atomic mass is 10.2. The molecule has 1 fully saturated rings. The molecule has 0 bridgehead atoms. The molecule has 0 unspecified atom stereocenters. The summed E-state index contributed by atoms with van der Waals surface area (Å²) in [6.07, 6.45) is 5.05. The maximum Gasteiger partial charge on any atom is 0.196 e. The van der Waals surface area contributed by atoms with E-state index in [1.54, 1.807) is 18.3 Å². The summed E-state index contributed by atoms with van der Waals surface area (Å²) in [5.74, 6) is 1.17. The van der Waals surface area contributed by atoms with Crippen LogP contribution in [0.25, 0.3) is 11.3 Å². The lowest BCUT2D eigenvalue weighted by Gasteiger charge is -1.99. The number of hydrogen-bond donors (Lipinski definition) is 1. The predicted molar refractivity (Wildman–Crippen MR) is 66.6 cm³/mol. The minimum absolute atomic E-state index is 0.243. The zero-order chi connectivity index (χ0) is 12.4. The molecule has 1 N–H and O–H groups in total. The molecule has 1 saturated carbocycles. The summed E-state index contributed by atoms with van der Waals surface area (Å²) in [6, 6.07) is 6.94. The van der Waals surface area contributed by atoms with Crippen molar-refractivity contribution < 1.29 is 8.81 Å². The number of benzene rings is 1. The van der Waals surface area contributed by atoms with Gasteiger partial charge in [0.15, 0.2) is 11.7 Å². The Morgan fingerprint density at radius 1 is 1.28 bits per heavy atom. The maximum absolute atomic E-state index is 12.8. The Morgan fingerprint density at radius 2 is 2.06 bits per heavy atom. The summed E-state index contributed by atoms with van der Waals surface area (Å²) in [5, 5.41) is 3.41. The quantitative estimate of drug-likeness (QED) is 0.881. The first kappa shape index (κ1) is 11.4. The lowest BCUT2D eigenvalue weighted by Crippen LogP contribution is -2.19. The van der Waals surface area contributed by atoms with E-state index < -0.39 is 0 Å². The van der Waals surface area contributed by atoms with Gasteiger partial charge in [-0.15, -0.1) is 0 Å². The SMILES string of the molecule is Fc1ccc(-c2cnc(CCNC3CC3)o2)cc1. The van der Waals surface area contributed by atoms with Crippen molar-refractivity contribution in [3.8, 4) is 11.3 Å². The number of rotatable bonds is 5. The van der Waals surface area contributed by atoms with Crippen molar-refractivity contribution in [1.82, 2.24) is 10.3 Å². The molecule has 1 aromatic heterocycles. The number of nitrogens with zero attached hydrogens (tertiary/aromatic N) is 1. The Hall–Kier alpha value is -1.68. The van der Waals surface area contributed by atoms with E-state index >= 15 is 0 Å². The van der Waals surface area contributed by atoms with Gasteiger partial charge in [-0.05, 0) is 37.1 Å². The molecule has 1 aliphatic rings. The maximum atomic E-state index is 12.8. The van der Waals surface area contributed by atoms with Gasteiger partial charge in [-0.2, -0.15) is 0 Å². The molecule has 4 heteroatoms. The highest BCUT2D eigenvalue weighted by Crippen LogP contribution is 2.21. The summed E-state index contributed by atoms with van der Waals surface area (Å²) in [6.45, 7) is 0.897. The molecule has 0 amide bonds. The number of halogens is 1. The fraction of sp³-hybridized carbons (Fsp3) is 0.357. The lowest BCUT2D eigenvalue weighted by molar-refractivity contribution is 0.494. The summed E-state index contributed by atoms with van der Waals surface area (Å²) in [4.78, 5) is 4.23. The summed E-state index contributed by atoms with van der Waals surface area (Å²) < 4.78 is 18.4. The van der Waals surface area contributed by atoms with E-state index in [1.165, 1.54) is 25.0 Å². The van der Waals surface area contributed by atoms with Crippen LogP contribution >= 0.6 is 0 Å². The van der Waals surface area contributed by atoms with Gasteiger partial charge >= 0.3 is 0 Å². The summed E-state index contributed by atoms with van der Waals surface area (Å²) in [7, 11) is 0. The first-order chi connectivity index (χ1) is 8.81. The zero-order valence-corrected chi connectivity index (χ0v) is 10.0. The van der Waals surface area contributed by atoms with Crippen LogP contribution in [0.4, 0.5) is 4.39 Å². The van der Waals surface area contributed by atoms with Crippen molar-refractivity contribution in [1.29, 1.82) is 0 Å². The van der Waals surface area contributed by atoms with E-state index in [2.05, 4.69) is 10.3 Å². The molecule has 94 valence electrons. The largest absolute Gasteiger partial charge is 0.441 e. The first-order valence-corrected chi connectivity index (χ1v) is 6.25. The third kappa shape index (κ3) is 2.76. The van der Waals surface area contributed by atoms with Crippen molar-refractivity contribution in [2.75, 3.05) is 6.54 Å².